The van der Waals surface area contributed by atoms with E-state index < -0.39 is 33.2 Å². The smallest absolute Gasteiger partial charge is 0.281 e. The Balaban J connectivity index is 4.02. The molecular formula is C7H4O6. The molecule has 6 nitrogen and oxygen atoms in total. The molecule has 0 aliphatic carbocycles. The van der Waals surface area contributed by atoms with Gasteiger partial charge in [-0.25, -0.2) is 0 Å². The quantitative estimate of drug-likeness (QED) is 0.493. The maximum absolute atomic E-state index is 10.9. The van der Waals surface area contributed by atoms with Gasteiger partial charge in [-0.15, -0.1) is 0 Å². The second-order valence-electron chi connectivity index (χ2n) is 2.20. The number of phenols is 1. The van der Waals surface area contributed by atoms with Crippen molar-refractivity contribution >= 4 is 0 Å². The maximum Gasteiger partial charge on any atom is 0.281 e. The molecule has 1 aromatic rings. The summed E-state index contributed by atoms with van der Waals surface area (Å²) in [6, 6.07) is 0. The molecule has 0 aliphatic rings. The molecule has 0 saturated heterocycles. The van der Waals surface area contributed by atoms with Crippen LogP contribution in [0.25, 0.3) is 0 Å². The molecule has 0 aliphatic heterocycles. The van der Waals surface area contributed by atoms with Gasteiger partial charge in [0.05, 0.1) is 7.11 Å². The maximum atomic E-state index is 10.9. The highest BCUT2D eigenvalue weighted by Gasteiger charge is 2.18. The summed E-state index contributed by atoms with van der Waals surface area (Å²) in [6.07, 6.45) is 0. The van der Waals surface area contributed by atoms with Gasteiger partial charge in [0.15, 0.2) is 0 Å². The van der Waals surface area contributed by atoms with E-state index in [2.05, 4.69) is 4.74 Å². The standard InChI is InChI=1S/C7H4O6/c1-13-7-5(11)3(9)2(8)4(10)6(7)12/h11H,1H3. The van der Waals surface area contributed by atoms with Gasteiger partial charge in [0.25, 0.3) is 21.7 Å². The number of hydrogen-bond donors (Lipinski definition) is 1. The lowest BCUT2D eigenvalue weighted by atomic mass is 10.3. The second-order valence-corrected chi connectivity index (χ2v) is 2.20. The van der Waals surface area contributed by atoms with Crippen molar-refractivity contribution in [3.05, 3.63) is 40.9 Å². The molecule has 0 unspecified atom stereocenters. The number of methoxy groups -OCH3 is 1. The molecule has 0 heterocycles. The molecule has 6 heteroatoms. The van der Waals surface area contributed by atoms with Crippen molar-refractivity contribution in [2.75, 3.05) is 7.11 Å². The molecule has 0 spiro atoms. The Kier molecular flexibility index (Phi) is 1.97. The Bertz CT molecular complexity index is 534. The van der Waals surface area contributed by atoms with Crippen LogP contribution in [0.2, 0.25) is 0 Å². The summed E-state index contributed by atoms with van der Waals surface area (Å²) >= 11 is 0. The van der Waals surface area contributed by atoms with E-state index in [1.807, 2.05) is 0 Å². The summed E-state index contributed by atoms with van der Waals surface area (Å²) in [5.41, 5.74) is -5.74. The van der Waals surface area contributed by atoms with Crippen molar-refractivity contribution in [3.63, 3.8) is 0 Å². The van der Waals surface area contributed by atoms with Crippen LogP contribution in [0, 0.1) is 0 Å². The van der Waals surface area contributed by atoms with Crippen LogP contribution in [0.15, 0.2) is 19.2 Å². The van der Waals surface area contributed by atoms with Gasteiger partial charge in [-0.3, -0.25) is 19.2 Å². The molecule has 0 radical (unpaired) electrons. The third-order valence-corrected chi connectivity index (χ3v) is 1.46. The first-order valence-electron chi connectivity index (χ1n) is 3.15. The van der Waals surface area contributed by atoms with E-state index in [-0.39, 0.29) is 0 Å². The van der Waals surface area contributed by atoms with E-state index in [0.29, 0.717) is 0 Å². The molecule has 68 valence electrons. The van der Waals surface area contributed by atoms with Crippen LogP contribution in [0.4, 0.5) is 0 Å². The highest BCUT2D eigenvalue weighted by molar-refractivity contribution is 5.37. The highest BCUT2D eigenvalue weighted by atomic mass is 16.5. The van der Waals surface area contributed by atoms with Crippen molar-refractivity contribution in [3.8, 4) is 11.5 Å². The first-order valence-corrected chi connectivity index (χ1v) is 3.15. The fraction of sp³-hybridized carbons (Fsp3) is 0.143. The van der Waals surface area contributed by atoms with Crippen LogP contribution >= 0.6 is 0 Å². The molecule has 0 atom stereocenters. The summed E-state index contributed by atoms with van der Waals surface area (Å²) in [6.45, 7) is 0. The Labute approximate surface area is 70.4 Å². The first-order chi connectivity index (χ1) is 6.00. The van der Waals surface area contributed by atoms with Gasteiger partial charge in [-0.05, 0) is 0 Å². The third kappa shape index (κ3) is 1.12. The topological polar surface area (TPSA) is 97.7 Å². The first kappa shape index (κ1) is 9.11. The Hall–Kier alpha value is -1.98. The summed E-state index contributed by atoms with van der Waals surface area (Å²) in [5, 5.41) is 8.91. The molecule has 1 N–H and O–H groups in total. The highest BCUT2D eigenvalue weighted by Crippen LogP contribution is 2.10. The average Bonchev–Trinajstić information content (AvgIpc) is 2.13. The molecule has 0 amide bonds. The zero-order chi connectivity index (χ0) is 10.2. The monoisotopic (exact) mass is 184 g/mol. The van der Waals surface area contributed by atoms with Crippen LogP contribution in [-0.2, 0) is 0 Å². The summed E-state index contributed by atoms with van der Waals surface area (Å²) in [4.78, 5) is 42.9. The lowest BCUT2D eigenvalue weighted by molar-refractivity contribution is 0.366. The van der Waals surface area contributed by atoms with Crippen LogP contribution in [0.3, 0.4) is 0 Å². The second kappa shape index (κ2) is 2.81. The Morgan fingerprint density at radius 1 is 0.923 bits per heavy atom. The molecule has 0 saturated carbocycles. The number of aromatic hydroxyl groups is 1. The van der Waals surface area contributed by atoms with Crippen LogP contribution in [0.1, 0.15) is 0 Å². The predicted octanol–water partition coefficient (Wildman–Crippen LogP) is -2.28. The summed E-state index contributed by atoms with van der Waals surface area (Å²) < 4.78 is 4.29. The van der Waals surface area contributed by atoms with Crippen molar-refractivity contribution in [1.29, 1.82) is 0 Å². The number of benzene rings is 1. The molecule has 1 aromatic carbocycles. The fourth-order valence-electron chi connectivity index (χ4n) is 0.817. The minimum absolute atomic E-state index is 0.783. The molecule has 0 aromatic heterocycles. The van der Waals surface area contributed by atoms with E-state index in [0.717, 1.165) is 7.11 Å². The van der Waals surface area contributed by atoms with E-state index in [4.69, 9.17) is 5.11 Å². The van der Waals surface area contributed by atoms with Gasteiger partial charge >= 0.3 is 0 Å². The van der Waals surface area contributed by atoms with Crippen LogP contribution in [0.5, 0.6) is 11.5 Å². The van der Waals surface area contributed by atoms with E-state index >= 15 is 0 Å². The summed E-state index contributed by atoms with van der Waals surface area (Å²) in [7, 11) is 1.000. The van der Waals surface area contributed by atoms with Crippen molar-refractivity contribution in [1.82, 2.24) is 0 Å². The van der Waals surface area contributed by atoms with E-state index in [1.54, 1.807) is 0 Å². The average molecular weight is 184 g/mol. The lowest BCUT2D eigenvalue weighted by Crippen LogP contribution is -2.46. The number of ether oxygens (including phenoxy) is 1. The number of rotatable bonds is 1. The number of hydrogen-bond acceptors (Lipinski definition) is 6. The van der Waals surface area contributed by atoms with Gasteiger partial charge < -0.3 is 9.84 Å². The van der Waals surface area contributed by atoms with Gasteiger partial charge in [0, 0.05) is 0 Å². The molecule has 13 heavy (non-hydrogen) atoms. The largest absolute Gasteiger partial charge is 0.501 e. The fourth-order valence-corrected chi connectivity index (χ4v) is 0.817. The zero-order valence-electron chi connectivity index (χ0n) is 6.49. The third-order valence-electron chi connectivity index (χ3n) is 1.46. The molecule has 0 bridgehead atoms. The SMILES string of the molecule is COc1c(O)c(=O)c(=O)c(=O)c1=O. The van der Waals surface area contributed by atoms with E-state index in [1.165, 1.54) is 0 Å². The molecule has 1 rings (SSSR count). The Morgan fingerprint density at radius 2 is 1.38 bits per heavy atom. The lowest BCUT2D eigenvalue weighted by Gasteiger charge is -1.96. The van der Waals surface area contributed by atoms with E-state index in [9.17, 15) is 19.2 Å². The summed E-state index contributed by atoms with van der Waals surface area (Å²) in [5.74, 6) is -1.90. The normalized spacial score (nSPS) is 9.92. The number of phenolic OH excluding ortho intramolecular Hbond substituents is 1. The van der Waals surface area contributed by atoms with Gasteiger partial charge in [-0.1, -0.05) is 0 Å². The van der Waals surface area contributed by atoms with Crippen molar-refractivity contribution in [2.24, 2.45) is 0 Å². The van der Waals surface area contributed by atoms with Crippen molar-refractivity contribution in [2.45, 2.75) is 0 Å². The predicted molar refractivity (Wildman–Crippen MR) is 42.1 cm³/mol. The van der Waals surface area contributed by atoms with Crippen molar-refractivity contribution < 1.29 is 9.84 Å². The molecular weight excluding hydrogens is 180 g/mol. The van der Waals surface area contributed by atoms with Gasteiger partial charge in [-0.2, -0.15) is 0 Å². The zero-order valence-corrected chi connectivity index (χ0v) is 6.49. The minimum Gasteiger partial charge on any atom is -0.501 e. The van der Waals surface area contributed by atoms with Gasteiger partial charge in [0.1, 0.15) is 0 Å². The Morgan fingerprint density at radius 3 is 1.85 bits per heavy atom. The molecule has 0 fully saturated rings. The van der Waals surface area contributed by atoms with Crippen LogP contribution < -0.4 is 26.5 Å². The van der Waals surface area contributed by atoms with Crippen LogP contribution in [-0.4, -0.2) is 12.2 Å². The van der Waals surface area contributed by atoms with Gasteiger partial charge in [0.2, 0.25) is 11.5 Å². The minimum atomic E-state index is -1.54.